The van der Waals surface area contributed by atoms with E-state index in [-0.39, 0.29) is 5.57 Å². The molecule has 0 spiro atoms. The molecule has 1 amide bonds. The van der Waals surface area contributed by atoms with Gasteiger partial charge in [-0.25, -0.2) is 0 Å². The summed E-state index contributed by atoms with van der Waals surface area (Å²) < 4.78 is 7.71. The summed E-state index contributed by atoms with van der Waals surface area (Å²) in [5.41, 5.74) is 3.31. The third-order valence-corrected chi connectivity index (χ3v) is 6.68. The first-order valence-corrected chi connectivity index (χ1v) is 12.2. The van der Waals surface area contributed by atoms with Crippen LogP contribution in [0.25, 0.3) is 6.08 Å². The summed E-state index contributed by atoms with van der Waals surface area (Å²) in [6.45, 7) is 2.27. The number of anilines is 1. The third kappa shape index (κ3) is 6.61. The number of carbonyl (C=O) groups excluding carboxylic acids is 1. The molecule has 0 radical (unpaired) electrons. The van der Waals surface area contributed by atoms with Crippen molar-refractivity contribution in [3.63, 3.8) is 0 Å². The zero-order valence-electron chi connectivity index (χ0n) is 16.8. The first-order chi connectivity index (χ1) is 15.3. The lowest BCUT2D eigenvalue weighted by Crippen LogP contribution is -2.13. The van der Waals surface area contributed by atoms with E-state index in [4.69, 9.17) is 27.9 Å². The van der Waals surface area contributed by atoms with E-state index in [9.17, 15) is 10.1 Å². The lowest BCUT2D eigenvalue weighted by Gasteiger charge is -2.12. The Morgan fingerprint density at radius 1 is 1.09 bits per heavy atom. The van der Waals surface area contributed by atoms with E-state index in [0.29, 0.717) is 22.3 Å². The molecule has 0 saturated heterocycles. The molecule has 0 atom stereocenters. The lowest BCUT2D eigenvalue weighted by atomic mass is 10.1. The van der Waals surface area contributed by atoms with Crippen LogP contribution in [-0.2, 0) is 11.4 Å². The van der Waals surface area contributed by atoms with Gasteiger partial charge < -0.3 is 10.1 Å². The van der Waals surface area contributed by atoms with E-state index in [1.165, 1.54) is 0 Å². The van der Waals surface area contributed by atoms with Crippen LogP contribution in [-0.4, -0.2) is 5.91 Å². The highest BCUT2D eigenvalue weighted by Gasteiger charge is 2.13. The molecule has 3 aromatic carbocycles. The van der Waals surface area contributed by atoms with Crippen LogP contribution in [0.4, 0.5) is 5.69 Å². The number of hydrogen-bond acceptors (Lipinski definition) is 3. The summed E-state index contributed by atoms with van der Waals surface area (Å²) in [6, 6.07) is 18.5. The summed E-state index contributed by atoms with van der Waals surface area (Å²) in [7, 11) is 0. The monoisotopic (exact) mass is 688 g/mol. The predicted octanol–water partition coefficient (Wildman–Crippen LogP) is 7.64. The first kappa shape index (κ1) is 24.8. The van der Waals surface area contributed by atoms with Crippen LogP contribution in [0.3, 0.4) is 0 Å². The van der Waals surface area contributed by atoms with Gasteiger partial charge in [0, 0.05) is 5.69 Å². The summed E-state index contributed by atoms with van der Waals surface area (Å²) in [5, 5.41) is 13.2. The summed E-state index contributed by atoms with van der Waals surface area (Å²) in [4.78, 5) is 12.6. The van der Waals surface area contributed by atoms with Gasteiger partial charge in [-0.05, 0) is 111 Å². The smallest absolute Gasteiger partial charge is 0.266 e. The highest BCUT2D eigenvalue weighted by molar-refractivity contribution is 14.1. The number of carbonyl (C=O) groups is 1. The summed E-state index contributed by atoms with van der Waals surface area (Å²) >= 11 is 16.4. The molecule has 8 heteroatoms. The quantitative estimate of drug-likeness (QED) is 0.165. The number of nitrogens with zero attached hydrogens (tertiary/aromatic N) is 1. The second-order valence-electron chi connectivity index (χ2n) is 6.84. The molecule has 0 heterocycles. The van der Waals surface area contributed by atoms with Crippen molar-refractivity contribution in [2.24, 2.45) is 0 Å². The van der Waals surface area contributed by atoms with Gasteiger partial charge in [0.15, 0.2) is 0 Å². The highest BCUT2D eigenvalue weighted by Crippen LogP contribution is 2.31. The number of amides is 1. The zero-order chi connectivity index (χ0) is 23.3. The maximum absolute atomic E-state index is 12.6. The van der Waals surface area contributed by atoms with Crippen molar-refractivity contribution in [2.75, 3.05) is 5.32 Å². The summed E-state index contributed by atoms with van der Waals surface area (Å²) in [6.07, 6.45) is 1.57. The van der Waals surface area contributed by atoms with Gasteiger partial charge >= 0.3 is 0 Å². The maximum Gasteiger partial charge on any atom is 0.266 e. The molecular formula is C24H16Cl2I2N2O2. The molecule has 0 fully saturated rings. The fourth-order valence-electron chi connectivity index (χ4n) is 2.82. The third-order valence-electron chi connectivity index (χ3n) is 4.34. The van der Waals surface area contributed by atoms with E-state index < -0.39 is 5.91 Å². The largest absolute Gasteiger partial charge is 0.487 e. The fourth-order valence-corrected chi connectivity index (χ4v) is 5.27. The number of ether oxygens (including phenoxy) is 1. The molecule has 0 aromatic heterocycles. The van der Waals surface area contributed by atoms with Crippen molar-refractivity contribution >= 4 is 86.1 Å². The average molecular weight is 689 g/mol. The molecule has 4 nitrogen and oxygen atoms in total. The van der Waals surface area contributed by atoms with Crippen LogP contribution in [0, 0.1) is 25.4 Å². The molecule has 0 aliphatic carbocycles. The number of rotatable bonds is 6. The standard InChI is InChI=1S/C24H16Cl2I2N2O2/c1-14-3-2-4-18(7-14)30-24(31)17(12-29)8-16-10-21(27)23(22(28)11-16)32-13-15-5-6-19(25)20(26)9-15/h2-11H,13H2,1H3,(H,30,31)/b17-8+. The lowest BCUT2D eigenvalue weighted by molar-refractivity contribution is -0.112. The first-order valence-electron chi connectivity index (χ1n) is 9.32. The van der Waals surface area contributed by atoms with Gasteiger partial charge in [-0.3, -0.25) is 4.79 Å². The van der Waals surface area contributed by atoms with Gasteiger partial charge in [0.1, 0.15) is 24.0 Å². The molecule has 1 N–H and O–H groups in total. The van der Waals surface area contributed by atoms with Crippen LogP contribution in [0.1, 0.15) is 16.7 Å². The molecule has 0 aliphatic rings. The average Bonchev–Trinajstić information content (AvgIpc) is 2.73. The van der Waals surface area contributed by atoms with Crippen LogP contribution >= 0.6 is 68.4 Å². The maximum atomic E-state index is 12.6. The summed E-state index contributed by atoms with van der Waals surface area (Å²) in [5.74, 6) is 0.264. The molecule has 32 heavy (non-hydrogen) atoms. The Balaban J connectivity index is 1.77. The minimum Gasteiger partial charge on any atom is -0.487 e. The number of aryl methyl sites for hydroxylation is 1. The van der Waals surface area contributed by atoms with Gasteiger partial charge in [0.25, 0.3) is 5.91 Å². The number of halogens is 4. The number of nitrogens with one attached hydrogen (secondary N) is 1. The molecule has 0 saturated carbocycles. The second-order valence-corrected chi connectivity index (χ2v) is 9.98. The Labute approximate surface area is 223 Å². The zero-order valence-corrected chi connectivity index (χ0v) is 22.6. The van der Waals surface area contributed by atoms with Crippen molar-refractivity contribution in [1.29, 1.82) is 5.26 Å². The number of nitriles is 1. The van der Waals surface area contributed by atoms with Crippen LogP contribution < -0.4 is 10.1 Å². The molecular weight excluding hydrogens is 673 g/mol. The minimum absolute atomic E-state index is 0.0163. The van der Waals surface area contributed by atoms with Crippen molar-refractivity contribution in [2.45, 2.75) is 13.5 Å². The molecule has 162 valence electrons. The van der Waals surface area contributed by atoms with Crippen molar-refractivity contribution in [3.05, 3.63) is 94.0 Å². The van der Waals surface area contributed by atoms with E-state index in [2.05, 4.69) is 50.5 Å². The Morgan fingerprint density at radius 2 is 1.81 bits per heavy atom. The molecule has 3 aromatic rings. The normalized spacial score (nSPS) is 11.1. The van der Waals surface area contributed by atoms with Gasteiger partial charge in [-0.1, -0.05) is 41.4 Å². The Morgan fingerprint density at radius 3 is 2.44 bits per heavy atom. The number of hydrogen-bond donors (Lipinski definition) is 1. The van der Waals surface area contributed by atoms with Crippen molar-refractivity contribution < 1.29 is 9.53 Å². The Kier molecular flexibility index (Phi) is 8.82. The molecule has 0 unspecified atom stereocenters. The van der Waals surface area contributed by atoms with Crippen molar-refractivity contribution in [3.8, 4) is 11.8 Å². The fraction of sp³-hybridized carbons (Fsp3) is 0.0833. The van der Waals surface area contributed by atoms with Crippen LogP contribution in [0.2, 0.25) is 10.0 Å². The van der Waals surface area contributed by atoms with Crippen molar-refractivity contribution in [1.82, 2.24) is 0 Å². The molecule has 0 bridgehead atoms. The second kappa shape index (κ2) is 11.4. The molecule has 3 rings (SSSR count). The van der Waals surface area contributed by atoms with Crippen LogP contribution in [0.5, 0.6) is 5.75 Å². The Hall–Kier alpha value is -1.80. The van der Waals surface area contributed by atoms with E-state index in [1.807, 2.05) is 49.4 Å². The van der Waals surface area contributed by atoms with Crippen LogP contribution in [0.15, 0.2) is 60.2 Å². The minimum atomic E-state index is -0.456. The number of benzene rings is 3. The highest BCUT2D eigenvalue weighted by atomic mass is 127. The van der Waals surface area contributed by atoms with E-state index in [1.54, 1.807) is 24.3 Å². The van der Waals surface area contributed by atoms with E-state index in [0.717, 1.165) is 29.6 Å². The SMILES string of the molecule is Cc1cccc(NC(=O)/C(C#N)=C/c2cc(I)c(OCc3ccc(Cl)c(Cl)c3)c(I)c2)c1. The Bertz CT molecular complexity index is 1230. The van der Waals surface area contributed by atoms with Gasteiger partial charge in [0.2, 0.25) is 0 Å². The van der Waals surface area contributed by atoms with Gasteiger partial charge in [0.05, 0.1) is 17.2 Å². The van der Waals surface area contributed by atoms with Gasteiger partial charge in [-0.2, -0.15) is 5.26 Å². The topological polar surface area (TPSA) is 62.1 Å². The van der Waals surface area contributed by atoms with E-state index >= 15 is 0 Å². The predicted molar refractivity (Wildman–Crippen MR) is 146 cm³/mol. The van der Waals surface area contributed by atoms with Gasteiger partial charge in [-0.15, -0.1) is 0 Å². The molecule has 0 aliphatic heterocycles.